The number of ketones is 1. The summed E-state index contributed by atoms with van der Waals surface area (Å²) in [7, 11) is 1.71. The third-order valence-electron chi connectivity index (χ3n) is 6.21. The van der Waals surface area contributed by atoms with Gasteiger partial charge in [-0.15, -0.1) is 0 Å². The summed E-state index contributed by atoms with van der Waals surface area (Å²) in [6, 6.07) is 0. The first kappa shape index (κ1) is 19.2. The van der Waals surface area contributed by atoms with Crippen LogP contribution in [0.5, 0.6) is 0 Å². The van der Waals surface area contributed by atoms with Gasteiger partial charge in [-0.2, -0.15) is 0 Å². The van der Waals surface area contributed by atoms with Crippen LogP contribution in [0.1, 0.15) is 46.5 Å². The molecule has 5 atom stereocenters. The predicted octanol–water partition coefficient (Wildman–Crippen LogP) is 3.44. The molecule has 0 aliphatic heterocycles. The molecule has 144 valence electrons. The maximum Gasteiger partial charge on any atom is 0.303 e. The second kappa shape index (κ2) is 7.55. The Hall–Kier alpha value is -1.62. The molecule has 3 aliphatic rings. The Balaban J connectivity index is 2.14. The van der Waals surface area contributed by atoms with Crippen LogP contribution in [0.15, 0.2) is 23.5 Å². The molecule has 0 spiro atoms. The number of carbonyl (C=O) groups is 2. The van der Waals surface area contributed by atoms with Crippen molar-refractivity contribution in [2.75, 3.05) is 20.3 Å². The van der Waals surface area contributed by atoms with E-state index in [1.807, 2.05) is 6.92 Å². The molecule has 0 aromatic carbocycles. The molecule has 1 saturated carbocycles. The van der Waals surface area contributed by atoms with Gasteiger partial charge < -0.3 is 14.2 Å². The van der Waals surface area contributed by atoms with Crippen molar-refractivity contribution >= 4 is 11.8 Å². The lowest BCUT2D eigenvalue weighted by Gasteiger charge is -2.48. The highest BCUT2D eigenvalue weighted by atomic mass is 16.6. The van der Waals surface area contributed by atoms with Gasteiger partial charge in [0.1, 0.15) is 5.60 Å². The summed E-state index contributed by atoms with van der Waals surface area (Å²) in [6.07, 6.45) is 7.25. The highest BCUT2D eigenvalue weighted by Crippen LogP contribution is 2.56. The zero-order valence-corrected chi connectivity index (χ0v) is 16.2. The fourth-order valence-corrected chi connectivity index (χ4v) is 5.35. The molecule has 3 rings (SSSR count). The van der Waals surface area contributed by atoms with Crippen LogP contribution in [0.4, 0.5) is 0 Å². The summed E-state index contributed by atoms with van der Waals surface area (Å²) in [5.74, 6) is 0.676. The Morgan fingerprint density at radius 3 is 2.77 bits per heavy atom. The molecule has 0 heterocycles. The molecule has 0 aromatic heterocycles. The second-order valence-electron chi connectivity index (χ2n) is 7.85. The van der Waals surface area contributed by atoms with Gasteiger partial charge in [-0.25, -0.2) is 0 Å². The predicted molar refractivity (Wildman–Crippen MR) is 97.3 cm³/mol. The molecular weight excluding hydrogens is 332 g/mol. The van der Waals surface area contributed by atoms with E-state index in [9.17, 15) is 9.59 Å². The van der Waals surface area contributed by atoms with Crippen LogP contribution < -0.4 is 0 Å². The lowest BCUT2D eigenvalue weighted by atomic mass is 9.63. The SMILES string of the molecule is CCOC1=C2C[C@H](COC)C[C@@H]3C=CC[C@@H](C)[C@]3(OC(C)=O)[C@@H]2CC1=O. The first-order valence-electron chi connectivity index (χ1n) is 9.68. The first-order valence-corrected chi connectivity index (χ1v) is 9.68. The van der Waals surface area contributed by atoms with Crippen LogP contribution >= 0.6 is 0 Å². The van der Waals surface area contributed by atoms with Crippen molar-refractivity contribution in [2.45, 2.75) is 52.1 Å². The lowest BCUT2D eigenvalue weighted by Crippen LogP contribution is -2.54. The fraction of sp³-hybridized carbons (Fsp3) is 0.714. The van der Waals surface area contributed by atoms with Gasteiger partial charge in [0, 0.05) is 44.8 Å². The molecule has 0 radical (unpaired) electrons. The van der Waals surface area contributed by atoms with E-state index in [1.165, 1.54) is 6.92 Å². The zero-order valence-electron chi connectivity index (χ0n) is 16.2. The van der Waals surface area contributed by atoms with Gasteiger partial charge in [-0.3, -0.25) is 9.59 Å². The number of esters is 1. The molecule has 0 aromatic rings. The van der Waals surface area contributed by atoms with Crippen molar-refractivity contribution in [3.8, 4) is 0 Å². The number of rotatable bonds is 5. The van der Waals surface area contributed by atoms with E-state index in [4.69, 9.17) is 14.2 Å². The summed E-state index contributed by atoms with van der Waals surface area (Å²) in [5.41, 5.74) is 0.359. The number of ether oxygens (including phenoxy) is 3. The van der Waals surface area contributed by atoms with Gasteiger partial charge in [0.25, 0.3) is 0 Å². The maximum absolute atomic E-state index is 12.7. The minimum absolute atomic E-state index is 0.0388. The van der Waals surface area contributed by atoms with E-state index in [-0.39, 0.29) is 35.4 Å². The Morgan fingerprint density at radius 1 is 1.35 bits per heavy atom. The Bertz CT molecular complexity index is 634. The molecule has 5 nitrogen and oxygen atoms in total. The number of Topliss-reactive ketones (excluding diaryl/α,β-unsaturated/α-hetero) is 1. The van der Waals surface area contributed by atoms with Crippen molar-refractivity contribution < 1.29 is 23.8 Å². The van der Waals surface area contributed by atoms with Crippen LogP contribution in [0.25, 0.3) is 0 Å². The summed E-state index contributed by atoms with van der Waals surface area (Å²) in [4.78, 5) is 24.8. The van der Waals surface area contributed by atoms with Crippen LogP contribution in [-0.4, -0.2) is 37.7 Å². The fourth-order valence-electron chi connectivity index (χ4n) is 5.35. The number of hydrogen-bond donors (Lipinski definition) is 0. The third-order valence-corrected chi connectivity index (χ3v) is 6.21. The molecule has 0 amide bonds. The van der Waals surface area contributed by atoms with Crippen molar-refractivity contribution in [3.63, 3.8) is 0 Å². The van der Waals surface area contributed by atoms with Crippen LogP contribution in [-0.2, 0) is 23.8 Å². The van der Waals surface area contributed by atoms with E-state index in [1.54, 1.807) is 7.11 Å². The number of fused-ring (bicyclic) bond motifs is 3. The van der Waals surface area contributed by atoms with Crippen molar-refractivity contribution in [3.05, 3.63) is 23.5 Å². The summed E-state index contributed by atoms with van der Waals surface area (Å²) in [6.45, 7) is 6.59. The minimum atomic E-state index is -0.674. The van der Waals surface area contributed by atoms with Crippen molar-refractivity contribution in [1.29, 1.82) is 0 Å². The topological polar surface area (TPSA) is 61.8 Å². The molecule has 0 N–H and O–H groups in total. The van der Waals surface area contributed by atoms with E-state index >= 15 is 0 Å². The molecule has 5 heteroatoms. The standard InChI is InChI=1S/C21H30O5/c1-5-25-20-17-10-15(12-24-4)9-16-8-6-7-13(2)21(16,26-14(3)22)18(17)11-19(20)23/h6,8,13,15-16,18H,5,7,9-12H2,1-4H3/t13-,15-,16+,18-,21-/m1/s1. The quantitative estimate of drug-likeness (QED) is 0.554. The second-order valence-corrected chi connectivity index (χ2v) is 7.85. The van der Waals surface area contributed by atoms with Gasteiger partial charge in [0.15, 0.2) is 11.5 Å². The maximum atomic E-state index is 12.7. The highest BCUT2D eigenvalue weighted by molar-refractivity contribution is 5.97. The van der Waals surface area contributed by atoms with Crippen molar-refractivity contribution in [1.82, 2.24) is 0 Å². The Morgan fingerprint density at radius 2 is 2.12 bits per heavy atom. The molecule has 3 aliphatic carbocycles. The van der Waals surface area contributed by atoms with Crippen molar-refractivity contribution in [2.24, 2.45) is 23.7 Å². The Kier molecular flexibility index (Phi) is 5.56. The number of allylic oxidation sites excluding steroid dienone is 2. The average molecular weight is 362 g/mol. The van der Waals surface area contributed by atoms with Gasteiger partial charge >= 0.3 is 5.97 Å². The summed E-state index contributed by atoms with van der Waals surface area (Å²) < 4.78 is 17.3. The average Bonchev–Trinajstić information content (AvgIpc) is 2.80. The van der Waals surface area contributed by atoms with Gasteiger partial charge in [0.2, 0.25) is 0 Å². The van der Waals surface area contributed by atoms with E-state index in [2.05, 4.69) is 19.1 Å². The number of methoxy groups -OCH3 is 1. The molecule has 0 unspecified atom stereocenters. The smallest absolute Gasteiger partial charge is 0.303 e. The van der Waals surface area contributed by atoms with Crippen LogP contribution in [0, 0.1) is 23.7 Å². The van der Waals surface area contributed by atoms with E-state index in [0.717, 1.165) is 24.8 Å². The molecule has 0 bridgehead atoms. The number of carbonyl (C=O) groups excluding carboxylic acids is 2. The van der Waals surface area contributed by atoms with E-state index in [0.29, 0.717) is 25.4 Å². The summed E-state index contributed by atoms with van der Waals surface area (Å²) >= 11 is 0. The van der Waals surface area contributed by atoms with Crippen LogP contribution in [0.3, 0.4) is 0 Å². The molecule has 26 heavy (non-hydrogen) atoms. The molecular formula is C21H30O5. The van der Waals surface area contributed by atoms with Gasteiger partial charge in [0.05, 0.1) is 6.61 Å². The lowest BCUT2D eigenvalue weighted by molar-refractivity contribution is -0.179. The van der Waals surface area contributed by atoms with Gasteiger partial charge in [-0.1, -0.05) is 19.1 Å². The van der Waals surface area contributed by atoms with Crippen LogP contribution in [0.2, 0.25) is 0 Å². The third kappa shape index (κ3) is 3.11. The zero-order chi connectivity index (χ0) is 18.9. The summed E-state index contributed by atoms with van der Waals surface area (Å²) in [5, 5.41) is 0. The minimum Gasteiger partial charge on any atom is -0.490 e. The Labute approximate surface area is 155 Å². The molecule has 0 saturated heterocycles. The first-order chi connectivity index (χ1) is 12.4. The molecule has 1 fully saturated rings. The van der Waals surface area contributed by atoms with Gasteiger partial charge in [-0.05, 0) is 37.7 Å². The van der Waals surface area contributed by atoms with E-state index < -0.39 is 5.60 Å². The highest BCUT2D eigenvalue weighted by Gasteiger charge is 2.59. The monoisotopic (exact) mass is 362 g/mol. The number of hydrogen-bond acceptors (Lipinski definition) is 5. The normalized spacial score (nSPS) is 36.4. The largest absolute Gasteiger partial charge is 0.490 e.